The van der Waals surface area contributed by atoms with Gasteiger partial charge in [0.15, 0.2) is 17.0 Å². The Morgan fingerprint density at radius 3 is 2.81 bits per heavy atom. The zero-order valence-corrected chi connectivity index (χ0v) is 16.0. The summed E-state index contributed by atoms with van der Waals surface area (Å²) in [5, 5.41) is 16.3. The number of aryl methyl sites for hydroxylation is 1. The van der Waals surface area contributed by atoms with E-state index in [2.05, 4.69) is 25.6 Å². The molecule has 1 saturated heterocycles. The Balaban J connectivity index is 1.61. The fourth-order valence-electron chi connectivity index (χ4n) is 3.50. The van der Waals surface area contributed by atoms with Gasteiger partial charge < -0.3 is 20.3 Å². The number of rotatable bonds is 8. The lowest BCUT2D eigenvalue weighted by Crippen LogP contribution is -2.29. The van der Waals surface area contributed by atoms with Crippen molar-refractivity contribution in [3.8, 4) is 0 Å². The minimum Gasteiger partial charge on any atom is -0.394 e. The van der Waals surface area contributed by atoms with Gasteiger partial charge in [0.25, 0.3) is 0 Å². The van der Waals surface area contributed by atoms with E-state index in [1.807, 2.05) is 11.5 Å². The summed E-state index contributed by atoms with van der Waals surface area (Å²) < 4.78 is 24.0. The van der Waals surface area contributed by atoms with E-state index in [1.54, 1.807) is 6.33 Å². The molecule has 11 heteroatoms. The number of aromatic nitrogens is 4. The normalized spacial score (nSPS) is 22.9. The Morgan fingerprint density at radius 2 is 2.19 bits per heavy atom. The largest absolute Gasteiger partial charge is 0.394 e. The molecular formula is C16H25N7O3S. The number of aliphatic hydroxyl groups is 1. The molecule has 0 spiro atoms. The van der Waals surface area contributed by atoms with E-state index < -0.39 is 11.3 Å². The first-order chi connectivity index (χ1) is 13.1. The maximum atomic E-state index is 11.3. The van der Waals surface area contributed by atoms with Crippen molar-refractivity contribution >= 4 is 34.2 Å². The highest BCUT2D eigenvalue weighted by Crippen LogP contribution is 2.34. The molecule has 4 N–H and O–H groups in total. The molecule has 148 valence electrons. The average molecular weight is 395 g/mol. The SMILES string of the molecule is CCn1cnc2c(NC3CCN(S(=O)O)C3)nc(NC(CO)C3CC3)nc21. The lowest BCUT2D eigenvalue weighted by atomic mass is 10.2. The van der Waals surface area contributed by atoms with Gasteiger partial charge in [-0.25, -0.2) is 9.19 Å². The van der Waals surface area contributed by atoms with Crippen LogP contribution in [0.2, 0.25) is 0 Å². The lowest BCUT2D eigenvalue weighted by Gasteiger charge is -2.18. The smallest absolute Gasteiger partial charge is 0.234 e. The van der Waals surface area contributed by atoms with Crippen molar-refractivity contribution in [1.29, 1.82) is 0 Å². The van der Waals surface area contributed by atoms with Crippen molar-refractivity contribution in [2.75, 3.05) is 30.3 Å². The third kappa shape index (κ3) is 3.91. The van der Waals surface area contributed by atoms with Gasteiger partial charge in [0.2, 0.25) is 17.2 Å². The van der Waals surface area contributed by atoms with E-state index >= 15 is 0 Å². The quantitative estimate of drug-likeness (QED) is 0.480. The predicted octanol–water partition coefficient (Wildman–Crippen LogP) is 0.652. The number of nitrogens with one attached hydrogen (secondary N) is 2. The van der Waals surface area contributed by atoms with Crippen molar-refractivity contribution in [1.82, 2.24) is 23.8 Å². The maximum absolute atomic E-state index is 11.3. The highest BCUT2D eigenvalue weighted by Gasteiger charge is 2.32. The number of fused-ring (bicyclic) bond motifs is 1. The van der Waals surface area contributed by atoms with Gasteiger partial charge >= 0.3 is 0 Å². The van der Waals surface area contributed by atoms with Gasteiger partial charge in [-0.1, -0.05) is 0 Å². The molecule has 1 aliphatic carbocycles. The number of anilines is 2. The van der Waals surface area contributed by atoms with Gasteiger partial charge in [-0.2, -0.15) is 14.3 Å². The van der Waals surface area contributed by atoms with Gasteiger partial charge in [-0.15, -0.1) is 0 Å². The Labute approximate surface area is 159 Å². The van der Waals surface area contributed by atoms with Gasteiger partial charge in [-0.05, 0) is 32.1 Å². The first-order valence-corrected chi connectivity index (χ1v) is 10.4. The molecule has 2 aromatic rings. The molecule has 2 aromatic heterocycles. The molecule has 27 heavy (non-hydrogen) atoms. The van der Waals surface area contributed by atoms with Crippen LogP contribution in [0.5, 0.6) is 0 Å². The summed E-state index contributed by atoms with van der Waals surface area (Å²) in [5.41, 5.74) is 1.41. The molecule has 0 bridgehead atoms. The summed E-state index contributed by atoms with van der Waals surface area (Å²) in [7, 11) is 0. The van der Waals surface area contributed by atoms with Gasteiger partial charge in [0.1, 0.15) is 0 Å². The van der Waals surface area contributed by atoms with E-state index in [4.69, 9.17) is 0 Å². The van der Waals surface area contributed by atoms with Crippen molar-refractivity contribution in [2.24, 2.45) is 5.92 Å². The zero-order chi connectivity index (χ0) is 19.0. The predicted molar refractivity (Wildman–Crippen MR) is 103 cm³/mol. The van der Waals surface area contributed by atoms with Crippen molar-refractivity contribution in [3.63, 3.8) is 0 Å². The van der Waals surface area contributed by atoms with E-state index in [9.17, 15) is 13.9 Å². The second-order valence-corrected chi connectivity index (χ2v) is 8.10. The second kappa shape index (κ2) is 7.66. The first-order valence-electron chi connectivity index (χ1n) is 9.31. The molecule has 0 aromatic carbocycles. The monoisotopic (exact) mass is 395 g/mol. The van der Waals surface area contributed by atoms with Crippen LogP contribution in [0.25, 0.3) is 11.2 Å². The molecule has 3 unspecified atom stereocenters. The molecular weight excluding hydrogens is 370 g/mol. The minimum absolute atomic E-state index is 0.0101. The Bertz CT molecular complexity index is 841. The summed E-state index contributed by atoms with van der Waals surface area (Å²) in [6.07, 6.45) is 4.70. The second-order valence-electron chi connectivity index (χ2n) is 7.12. The van der Waals surface area contributed by atoms with Gasteiger partial charge in [0.05, 0.1) is 19.0 Å². The molecule has 0 amide bonds. The Hall–Kier alpha value is -1.82. The number of imidazole rings is 1. The molecule has 10 nitrogen and oxygen atoms in total. The number of hydrogen-bond donors (Lipinski definition) is 4. The van der Waals surface area contributed by atoms with E-state index in [-0.39, 0.29) is 18.7 Å². The third-order valence-corrected chi connectivity index (χ3v) is 5.99. The van der Waals surface area contributed by atoms with Crippen molar-refractivity contribution < 1.29 is 13.9 Å². The van der Waals surface area contributed by atoms with Crippen LogP contribution in [0.15, 0.2) is 6.33 Å². The molecule has 1 saturated carbocycles. The van der Waals surface area contributed by atoms with Crippen LogP contribution < -0.4 is 10.6 Å². The molecule has 3 heterocycles. The Morgan fingerprint density at radius 1 is 1.37 bits per heavy atom. The number of hydrogen-bond acceptors (Lipinski definition) is 7. The summed E-state index contributed by atoms with van der Waals surface area (Å²) >= 11 is -1.96. The highest BCUT2D eigenvalue weighted by atomic mass is 32.2. The first kappa shape index (κ1) is 18.5. The van der Waals surface area contributed by atoms with Gasteiger partial charge in [-0.3, -0.25) is 4.55 Å². The van der Waals surface area contributed by atoms with Crippen molar-refractivity contribution in [3.05, 3.63) is 6.33 Å². The van der Waals surface area contributed by atoms with E-state index in [0.717, 1.165) is 31.5 Å². The third-order valence-electron chi connectivity index (χ3n) is 5.22. The Kier molecular flexibility index (Phi) is 5.26. The standard InChI is InChI=1S/C16H25N7O3S/c1-2-22-9-17-13-14(18-11-5-6-23(7-11)27(25)26)20-16(21-15(13)22)19-12(8-24)10-3-4-10/h9-12,24H,2-8H2,1H3,(H,25,26)(H2,18,19,20,21). The van der Waals surface area contributed by atoms with Crippen LogP contribution in [0.3, 0.4) is 0 Å². The minimum atomic E-state index is -1.96. The molecule has 3 atom stereocenters. The van der Waals surface area contributed by atoms with E-state index in [0.29, 0.717) is 36.3 Å². The summed E-state index contributed by atoms with van der Waals surface area (Å²) in [5.74, 6) is 1.54. The molecule has 1 aliphatic heterocycles. The van der Waals surface area contributed by atoms with Crippen LogP contribution in [0.4, 0.5) is 11.8 Å². The average Bonchev–Trinajstić information content (AvgIpc) is 3.24. The van der Waals surface area contributed by atoms with Crippen LogP contribution in [0, 0.1) is 5.92 Å². The van der Waals surface area contributed by atoms with Crippen LogP contribution >= 0.6 is 0 Å². The van der Waals surface area contributed by atoms with Gasteiger partial charge in [0, 0.05) is 25.7 Å². The number of nitrogens with zero attached hydrogens (tertiary/aromatic N) is 5. The highest BCUT2D eigenvalue weighted by molar-refractivity contribution is 7.76. The lowest BCUT2D eigenvalue weighted by molar-refractivity contribution is 0.263. The molecule has 2 fully saturated rings. The van der Waals surface area contributed by atoms with Crippen LogP contribution in [0.1, 0.15) is 26.2 Å². The zero-order valence-electron chi connectivity index (χ0n) is 15.2. The molecule has 4 rings (SSSR count). The summed E-state index contributed by atoms with van der Waals surface area (Å²) in [6.45, 7) is 3.82. The van der Waals surface area contributed by atoms with E-state index in [1.165, 1.54) is 4.31 Å². The topological polar surface area (TPSA) is 128 Å². The van der Waals surface area contributed by atoms with Crippen LogP contribution in [-0.4, -0.2) is 69.5 Å². The molecule has 2 aliphatic rings. The summed E-state index contributed by atoms with van der Waals surface area (Å²) in [6, 6.07) is -0.0389. The number of aliphatic hydroxyl groups excluding tert-OH is 1. The van der Waals surface area contributed by atoms with Crippen molar-refractivity contribution in [2.45, 2.75) is 44.8 Å². The summed E-state index contributed by atoms with van der Waals surface area (Å²) in [4.78, 5) is 13.7. The van der Waals surface area contributed by atoms with Crippen LogP contribution in [-0.2, 0) is 17.8 Å². The fraction of sp³-hybridized carbons (Fsp3) is 0.688. The molecule has 0 radical (unpaired) electrons. The fourth-order valence-corrected chi connectivity index (χ4v) is 4.07. The maximum Gasteiger partial charge on any atom is 0.234 e.